The maximum absolute atomic E-state index is 12.5. The van der Waals surface area contributed by atoms with Gasteiger partial charge in [0.1, 0.15) is 5.76 Å². The van der Waals surface area contributed by atoms with Gasteiger partial charge in [-0.1, -0.05) is 19.9 Å². The van der Waals surface area contributed by atoms with Gasteiger partial charge in [0.2, 0.25) is 0 Å². The van der Waals surface area contributed by atoms with Crippen LogP contribution in [0.4, 0.5) is 4.79 Å². The summed E-state index contributed by atoms with van der Waals surface area (Å²) < 4.78 is 5.37. The highest BCUT2D eigenvalue weighted by Gasteiger charge is 2.19. The van der Waals surface area contributed by atoms with Crippen LogP contribution in [0.2, 0.25) is 0 Å². The SMILES string of the molecule is CC(C)C(C)NC(=O)N(Cc1ccco1)Cc1cccs1. The number of furan rings is 1. The lowest BCUT2D eigenvalue weighted by molar-refractivity contribution is 0.181. The third kappa shape index (κ3) is 4.63. The van der Waals surface area contributed by atoms with E-state index in [0.717, 1.165) is 10.6 Å². The summed E-state index contributed by atoms with van der Waals surface area (Å²) >= 11 is 1.65. The molecule has 0 aliphatic heterocycles. The average Bonchev–Trinajstić information content (AvgIpc) is 3.10. The summed E-state index contributed by atoms with van der Waals surface area (Å²) in [7, 11) is 0. The zero-order chi connectivity index (χ0) is 15.2. The van der Waals surface area contributed by atoms with Crippen LogP contribution in [0.15, 0.2) is 40.3 Å². The van der Waals surface area contributed by atoms with Crippen LogP contribution in [0.1, 0.15) is 31.4 Å². The highest BCUT2D eigenvalue weighted by atomic mass is 32.1. The van der Waals surface area contributed by atoms with Gasteiger partial charge >= 0.3 is 6.03 Å². The van der Waals surface area contributed by atoms with E-state index in [0.29, 0.717) is 19.0 Å². The zero-order valence-electron chi connectivity index (χ0n) is 12.7. The normalized spacial score (nSPS) is 12.4. The summed E-state index contributed by atoms with van der Waals surface area (Å²) in [4.78, 5) is 15.4. The highest BCUT2D eigenvalue weighted by Crippen LogP contribution is 2.15. The number of nitrogens with one attached hydrogen (secondary N) is 1. The molecule has 0 spiro atoms. The van der Waals surface area contributed by atoms with Crippen molar-refractivity contribution in [2.24, 2.45) is 5.92 Å². The fourth-order valence-corrected chi connectivity index (χ4v) is 2.55. The Morgan fingerprint density at radius 2 is 2.10 bits per heavy atom. The van der Waals surface area contributed by atoms with Crippen molar-refractivity contribution in [2.75, 3.05) is 0 Å². The first-order valence-corrected chi connectivity index (χ1v) is 8.04. The number of hydrogen-bond acceptors (Lipinski definition) is 3. The van der Waals surface area contributed by atoms with Gasteiger partial charge in [-0.05, 0) is 36.4 Å². The molecule has 2 amide bonds. The molecule has 21 heavy (non-hydrogen) atoms. The van der Waals surface area contributed by atoms with E-state index in [1.165, 1.54) is 0 Å². The van der Waals surface area contributed by atoms with Crippen molar-refractivity contribution in [3.8, 4) is 0 Å². The molecule has 0 aromatic carbocycles. The first-order chi connectivity index (χ1) is 10.1. The number of carbonyl (C=O) groups is 1. The summed E-state index contributed by atoms with van der Waals surface area (Å²) in [5.41, 5.74) is 0. The second-order valence-corrected chi connectivity index (χ2v) is 6.53. The molecule has 0 aliphatic rings. The zero-order valence-corrected chi connectivity index (χ0v) is 13.5. The van der Waals surface area contributed by atoms with Gasteiger partial charge < -0.3 is 14.6 Å². The van der Waals surface area contributed by atoms with Gasteiger partial charge in [-0.25, -0.2) is 4.79 Å². The molecule has 0 saturated carbocycles. The molecule has 0 bridgehead atoms. The Hall–Kier alpha value is -1.75. The standard InChI is InChI=1S/C16H22N2O2S/c1-12(2)13(3)17-16(19)18(10-14-6-4-8-20-14)11-15-7-5-9-21-15/h4-9,12-13H,10-11H2,1-3H3,(H,17,19). The maximum Gasteiger partial charge on any atom is 0.318 e. The van der Waals surface area contributed by atoms with Gasteiger partial charge in [-0.2, -0.15) is 0 Å². The molecule has 5 heteroatoms. The molecule has 4 nitrogen and oxygen atoms in total. The van der Waals surface area contributed by atoms with Gasteiger partial charge in [-0.3, -0.25) is 0 Å². The maximum atomic E-state index is 12.5. The highest BCUT2D eigenvalue weighted by molar-refractivity contribution is 7.09. The Bertz CT molecular complexity index is 498. The first-order valence-electron chi connectivity index (χ1n) is 7.16. The fraction of sp³-hybridized carbons (Fsp3) is 0.438. The number of nitrogens with zero attached hydrogens (tertiary/aromatic N) is 1. The van der Waals surface area contributed by atoms with Crippen molar-refractivity contribution >= 4 is 17.4 Å². The van der Waals surface area contributed by atoms with E-state index in [1.807, 2.05) is 36.6 Å². The Labute approximate surface area is 129 Å². The second kappa shape index (κ2) is 7.31. The van der Waals surface area contributed by atoms with Crippen LogP contribution in [0.5, 0.6) is 0 Å². The lowest BCUT2D eigenvalue weighted by Gasteiger charge is -2.25. The Kier molecular flexibility index (Phi) is 5.44. The molecule has 0 saturated heterocycles. The number of thiophene rings is 1. The van der Waals surface area contributed by atoms with Crippen LogP contribution in [-0.2, 0) is 13.1 Å². The molecule has 0 radical (unpaired) electrons. The van der Waals surface area contributed by atoms with Crippen LogP contribution in [0.3, 0.4) is 0 Å². The predicted octanol–water partition coefficient (Wildman–Crippen LogP) is 4.10. The van der Waals surface area contributed by atoms with Crippen molar-refractivity contribution in [3.63, 3.8) is 0 Å². The van der Waals surface area contributed by atoms with Gasteiger partial charge in [0.05, 0.1) is 19.4 Å². The van der Waals surface area contributed by atoms with E-state index < -0.39 is 0 Å². The molecule has 2 aromatic heterocycles. The molecule has 1 N–H and O–H groups in total. The smallest absolute Gasteiger partial charge is 0.318 e. The van der Waals surface area contributed by atoms with Gasteiger partial charge in [0, 0.05) is 10.9 Å². The molecule has 2 aromatic rings. The van der Waals surface area contributed by atoms with E-state index in [1.54, 1.807) is 22.5 Å². The van der Waals surface area contributed by atoms with Crippen LogP contribution in [-0.4, -0.2) is 17.0 Å². The van der Waals surface area contributed by atoms with E-state index in [4.69, 9.17) is 4.42 Å². The van der Waals surface area contributed by atoms with Crippen LogP contribution >= 0.6 is 11.3 Å². The third-order valence-electron chi connectivity index (χ3n) is 3.49. The molecular weight excluding hydrogens is 284 g/mol. The molecule has 0 fully saturated rings. The summed E-state index contributed by atoms with van der Waals surface area (Å²) in [6, 6.07) is 7.85. The fourth-order valence-electron chi connectivity index (χ4n) is 1.83. The quantitative estimate of drug-likeness (QED) is 0.873. The number of urea groups is 1. The number of rotatable bonds is 6. The second-order valence-electron chi connectivity index (χ2n) is 5.50. The Morgan fingerprint density at radius 1 is 1.29 bits per heavy atom. The lowest BCUT2D eigenvalue weighted by atomic mass is 10.1. The molecule has 1 unspecified atom stereocenters. The first kappa shape index (κ1) is 15.6. The summed E-state index contributed by atoms with van der Waals surface area (Å²) in [6.45, 7) is 7.29. The van der Waals surface area contributed by atoms with Crippen molar-refractivity contribution < 1.29 is 9.21 Å². The summed E-state index contributed by atoms with van der Waals surface area (Å²) in [5, 5.41) is 5.08. The molecule has 2 heterocycles. The molecule has 114 valence electrons. The lowest BCUT2D eigenvalue weighted by Crippen LogP contribution is -2.44. The number of carbonyl (C=O) groups excluding carboxylic acids is 1. The Morgan fingerprint density at radius 3 is 2.67 bits per heavy atom. The van der Waals surface area contributed by atoms with E-state index in [-0.39, 0.29) is 12.1 Å². The van der Waals surface area contributed by atoms with Gasteiger partial charge in [0.15, 0.2) is 0 Å². The van der Waals surface area contributed by atoms with Crippen LogP contribution < -0.4 is 5.32 Å². The van der Waals surface area contributed by atoms with E-state index in [2.05, 4.69) is 19.2 Å². The van der Waals surface area contributed by atoms with Gasteiger partial charge in [0.25, 0.3) is 0 Å². The molecule has 1 atom stereocenters. The molecular formula is C16H22N2O2S. The van der Waals surface area contributed by atoms with Crippen molar-refractivity contribution in [3.05, 3.63) is 46.5 Å². The van der Waals surface area contributed by atoms with Crippen molar-refractivity contribution in [1.29, 1.82) is 0 Å². The molecule has 0 aliphatic carbocycles. The van der Waals surface area contributed by atoms with Crippen LogP contribution in [0.25, 0.3) is 0 Å². The topological polar surface area (TPSA) is 45.5 Å². The number of hydrogen-bond donors (Lipinski definition) is 1. The summed E-state index contributed by atoms with van der Waals surface area (Å²) in [6.07, 6.45) is 1.63. The predicted molar refractivity (Wildman–Crippen MR) is 85.1 cm³/mol. The van der Waals surface area contributed by atoms with E-state index in [9.17, 15) is 4.79 Å². The summed E-state index contributed by atoms with van der Waals surface area (Å²) in [5.74, 6) is 1.19. The largest absolute Gasteiger partial charge is 0.467 e. The van der Waals surface area contributed by atoms with Gasteiger partial charge in [-0.15, -0.1) is 11.3 Å². The van der Waals surface area contributed by atoms with E-state index >= 15 is 0 Å². The average molecular weight is 306 g/mol. The minimum absolute atomic E-state index is 0.0546. The number of amides is 2. The van der Waals surface area contributed by atoms with Crippen molar-refractivity contribution in [1.82, 2.24) is 10.2 Å². The minimum Gasteiger partial charge on any atom is -0.467 e. The third-order valence-corrected chi connectivity index (χ3v) is 4.35. The van der Waals surface area contributed by atoms with Crippen LogP contribution in [0, 0.1) is 5.92 Å². The monoisotopic (exact) mass is 306 g/mol. The minimum atomic E-state index is -0.0546. The molecule has 2 rings (SSSR count). The Balaban J connectivity index is 2.05. The van der Waals surface area contributed by atoms with Crippen molar-refractivity contribution in [2.45, 2.75) is 39.9 Å².